The Morgan fingerprint density at radius 3 is 2.82 bits per heavy atom. The van der Waals surface area contributed by atoms with Crippen molar-refractivity contribution in [3.63, 3.8) is 0 Å². The van der Waals surface area contributed by atoms with Crippen LogP contribution in [-0.2, 0) is 0 Å². The highest BCUT2D eigenvalue weighted by Gasteiger charge is 2.49. The molecule has 0 aromatic carbocycles. The van der Waals surface area contributed by atoms with E-state index in [4.69, 9.17) is 0 Å². The van der Waals surface area contributed by atoms with Crippen molar-refractivity contribution < 1.29 is 0 Å². The van der Waals surface area contributed by atoms with E-state index in [-0.39, 0.29) is 0 Å². The smallest absolute Gasteiger partial charge is 0.0876 e. The second-order valence-corrected chi connectivity index (χ2v) is 4.05. The van der Waals surface area contributed by atoms with Crippen LogP contribution in [0.5, 0.6) is 0 Å². The second-order valence-electron chi connectivity index (χ2n) is 4.05. The van der Waals surface area contributed by atoms with E-state index in [2.05, 4.69) is 11.8 Å². The molecule has 2 aliphatic carbocycles. The van der Waals surface area contributed by atoms with Gasteiger partial charge in [-0.15, -0.1) is 0 Å². The van der Waals surface area contributed by atoms with Crippen molar-refractivity contribution in [2.45, 2.75) is 25.7 Å². The Labute approximate surface area is 66.7 Å². The first-order chi connectivity index (χ1) is 5.26. The topological polar surface area (TPSA) is 29.4 Å². The SMILES string of the molecule is C=C1CC2(CC2)CC1CN=O. The fourth-order valence-electron chi connectivity index (χ4n) is 2.21. The summed E-state index contributed by atoms with van der Waals surface area (Å²) in [6.45, 7) is 4.45. The molecule has 1 atom stereocenters. The van der Waals surface area contributed by atoms with Crippen molar-refractivity contribution in [2.24, 2.45) is 16.5 Å². The number of hydrogen-bond acceptors (Lipinski definition) is 2. The summed E-state index contributed by atoms with van der Waals surface area (Å²) in [6.07, 6.45) is 5.04. The highest BCUT2D eigenvalue weighted by Crippen LogP contribution is 2.61. The van der Waals surface area contributed by atoms with Crippen LogP contribution in [0.4, 0.5) is 0 Å². The molecule has 0 radical (unpaired) electrons. The van der Waals surface area contributed by atoms with Gasteiger partial charge < -0.3 is 0 Å². The Morgan fingerprint density at radius 1 is 1.64 bits per heavy atom. The van der Waals surface area contributed by atoms with E-state index in [1.807, 2.05) is 0 Å². The molecule has 2 aliphatic rings. The van der Waals surface area contributed by atoms with Crippen LogP contribution in [0, 0.1) is 16.2 Å². The summed E-state index contributed by atoms with van der Waals surface area (Å²) in [7, 11) is 0. The van der Waals surface area contributed by atoms with E-state index in [0.29, 0.717) is 17.9 Å². The quantitative estimate of drug-likeness (QED) is 0.440. The molecule has 11 heavy (non-hydrogen) atoms. The molecule has 1 spiro atoms. The summed E-state index contributed by atoms with van der Waals surface area (Å²) in [6, 6.07) is 0. The lowest BCUT2D eigenvalue weighted by atomic mass is 10.0. The van der Waals surface area contributed by atoms with Crippen LogP contribution in [-0.4, -0.2) is 6.54 Å². The molecule has 0 aliphatic heterocycles. The fourth-order valence-corrected chi connectivity index (χ4v) is 2.21. The zero-order valence-electron chi connectivity index (χ0n) is 6.68. The van der Waals surface area contributed by atoms with Gasteiger partial charge in [0.05, 0.1) is 6.54 Å². The summed E-state index contributed by atoms with van der Waals surface area (Å²) < 4.78 is 0. The van der Waals surface area contributed by atoms with Gasteiger partial charge in [-0.05, 0) is 31.1 Å². The molecule has 2 heteroatoms. The van der Waals surface area contributed by atoms with E-state index in [1.165, 1.54) is 24.8 Å². The van der Waals surface area contributed by atoms with Crippen molar-refractivity contribution in [3.8, 4) is 0 Å². The van der Waals surface area contributed by atoms with Crippen molar-refractivity contribution in [1.82, 2.24) is 0 Å². The molecule has 2 fully saturated rings. The van der Waals surface area contributed by atoms with Gasteiger partial charge in [-0.1, -0.05) is 17.3 Å². The van der Waals surface area contributed by atoms with Crippen LogP contribution in [0.1, 0.15) is 25.7 Å². The summed E-state index contributed by atoms with van der Waals surface area (Å²) in [5, 5.41) is 2.95. The molecule has 60 valence electrons. The monoisotopic (exact) mass is 151 g/mol. The van der Waals surface area contributed by atoms with Crippen LogP contribution >= 0.6 is 0 Å². The fraction of sp³-hybridized carbons (Fsp3) is 0.778. The predicted octanol–water partition coefficient (Wildman–Crippen LogP) is 2.50. The minimum atomic E-state index is 0.412. The van der Waals surface area contributed by atoms with Crippen LogP contribution in [0.25, 0.3) is 0 Å². The maximum atomic E-state index is 10.0. The highest BCUT2D eigenvalue weighted by atomic mass is 16.3. The highest BCUT2D eigenvalue weighted by molar-refractivity contribution is 5.18. The van der Waals surface area contributed by atoms with Crippen LogP contribution in [0.15, 0.2) is 17.3 Å². The van der Waals surface area contributed by atoms with Crippen molar-refractivity contribution in [3.05, 3.63) is 17.1 Å². The predicted molar refractivity (Wildman–Crippen MR) is 44.2 cm³/mol. The maximum absolute atomic E-state index is 10.0. The number of nitroso groups, excluding NO2 is 1. The second kappa shape index (κ2) is 2.16. The first-order valence-corrected chi connectivity index (χ1v) is 4.23. The molecule has 2 nitrogen and oxygen atoms in total. The van der Waals surface area contributed by atoms with Crippen LogP contribution in [0.2, 0.25) is 0 Å². The third-order valence-corrected chi connectivity index (χ3v) is 3.11. The molecule has 2 saturated carbocycles. The lowest BCUT2D eigenvalue weighted by Gasteiger charge is -2.03. The molecular weight excluding hydrogens is 138 g/mol. The Bertz CT molecular complexity index is 206. The van der Waals surface area contributed by atoms with Crippen molar-refractivity contribution in [2.75, 3.05) is 6.54 Å². The van der Waals surface area contributed by atoms with Gasteiger partial charge in [0.1, 0.15) is 0 Å². The van der Waals surface area contributed by atoms with Crippen molar-refractivity contribution >= 4 is 0 Å². The molecule has 0 N–H and O–H groups in total. The average molecular weight is 151 g/mol. The van der Waals surface area contributed by atoms with E-state index in [1.54, 1.807) is 0 Å². The van der Waals surface area contributed by atoms with Crippen molar-refractivity contribution in [1.29, 1.82) is 0 Å². The van der Waals surface area contributed by atoms with Gasteiger partial charge in [0.2, 0.25) is 0 Å². The molecule has 0 aromatic heterocycles. The van der Waals surface area contributed by atoms with Gasteiger partial charge in [0.25, 0.3) is 0 Å². The molecule has 1 unspecified atom stereocenters. The zero-order valence-corrected chi connectivity index (χ0v) is 6.68. The molecule has 0 bridgehead atoms. The maximum Gasteiger partial charge on any atom is 0.0876 e. The number of hydrogen-bond donors (Lipinski definition) is 0. The zero-order chi connectivity index (χ0) is 7.90. The van der Waals surface area contributed by atoms with Crippen LogP contribution < -0.4 is 0 Å². The van der Waals surface area contributed by atoms with E-state index in [0.717, 1.165) is 6.42 Å². The summed E-state index contributed by atoms with van der Waals surface area (Å²) >= 11 is 0. The molecular formula is C9H13NO. The Morgan fingerprint density at radius 2 is 2.36 bits per heavy atom. The third kappa shape index (κ3) is 1.10. The first-order valence-electron chi connectivity index (χ1n) is 4.23. The van der Waals surface area contributed by atoms with Gasteiger partial charge in [-0.25, -0.2) is 0 Å². The van der Waals surface area contributed by atoms with E-state index in [9.17, 15) is 4.91 Å². The molecule has 0 aromatic rings. The van der Waals surface area contributed by atoms with E-state index < -0.39 is 0 Å². The Balaban J connectivity index is 2.02. The summed E-state index contributed by atoms with van der Waals surface area (Å²) in [5.41, 5.74) is 1.86. The molecule has 0 heterocycles. The van der Waals surface area contributed by atoms with Crippen LogP contribution in [0.3, 0.4) is 0 Å². The lowest BCUT2D eigenvalue weighted by molar-refractivity contribution is 0.488. The minimum absolute atomic E-state index is 0.412. The third-order valence-electron chi connectivity index (χ3n) is 3.11. The molecule has 0 saturated heterocycles. The lowest BCUT2D eigenvalue weighted by Crippen LogP contribution is -2.00. The average Bonchev–Trinajstić information content (AvgIpc) is 2.61. The standard InChI is InChI=1S/C9H13NO/c1-7-4-9(2-3-9)5-8(7)6-10-11/h8H,1-6H2. The summed E-state index contributed by atoms with van der Waals surface area (Å²) in [5.74, 6) is 0.412. The Hall–Kier alpha value is -0.660. The Kier molecular flexibility index (Phi) is 1.38. The molecule has 2 rings (SSSR count). The van der Waals surface area contributed by atoms with E-state index >= 15 is 0 Å². The van der Waals surface area contributed by atoms with Gasteiger partial charge in [-0.3, -0.25) is 0 Å². The van der Waals surface area contributed by atoms with Gasteiger partial charge >= 0.3 is 0 Å². The number of nitrogens with zero attached hydrogens (tertiary/aromatic N) is 1. The van der Waals surface area contributed by atoms with Gasteiger partial charge in [0.15, 0.2) is 0 Å². The van der Waals surface area contributed by atoms with Gasteiger partial charge in [0, 0.05) is 5.92 Å². The summed E-state index contributed by atoms with van der Waals surface area (Å²) in [4.78, 5) is 10.0. The normalized spacial score (nSPS) is 32.7. The molecule has 0 amide bonds. The van der Waals surface area contributed by atoms with Gasteiger partial charge in [-0.2, -0.15) is 4.91 Å². The minimum Gasteiger partial charge on any atom is -0.151 e. The largest absolute Gasteiger partial charge is 0.151 e. The number of rotatable bonds is 2. The first kappa shape index (κ1) is 7.01.